The number of pyridine rings is 1. The van der Waals surface area contributed by atoms with E-state index in [2.05, 4.69) is 13.8 Å². The molecule has 0 aliphatic heterocycles. The van der Waals surface area contributed by atoms with E-state index in [1.807, 2.05) is 10.6 Å². The number of hydrogen-bond acceptors (Lipinski definition) is 2. The second-order valence-corrected chi connectivity index (χ2v) is 5.62. The van der Waals surface area contributed by atoms with Crippen molar-refractivity contribution in [2.24, 2.45) is 0 Å². The Hall–Kier alpha value is -1.58. The predicted molar refractivity (Wildman–Crippen MR) is 73.6 cm³/mol. The third-order valence-corrected chi connectivity index (χ3v) is 3.85. The minimum Gasteiger partial charge on any atom is -0.481 e. The van der Waals surface area contributed by atoms with Crippen LogP contribution in [0.25, 0.3) is 0 Å². The van der Waals surface area contributed by atoms with E-state index >= 15 is 0 Å². The highest BCUT2D eigenvalue weighted by Crippen LogP contribution is 2.31. The minimum absolute atomic E-state index is 0.111. The molecule has 1 aromatic heterocycles. The molecule has 0 spiro atoms. The number of nitrogens with zero attached hydrogens (tertiary/aromatic N) is 1. The first kappa shape index (κ1) is 13.8. The van der Waals surface area contributed by atoms with Gasteiger partial charge in [-0.3, -0.25) is 9.59 Å². The van der Waals surface area contributed by atoms with Crippen LogP contribution in [0.4, 0.5) is 0 Å². The number of rotatable bonds is 4. The lowest BCUT2D eigenvalue weighted by Gasteiger charge is -2.22. The van der Waals surface area contributed by atoms with Crippen LogP contribution in [0.2, 0.25) is 0 Å². The third-order valence-electron chi connectivity index (χ3n) is 3.85. The maximum atomic E-state index is 12.5. The molecular formula is C15H21NO3. The second-order valence-electron chi connectivity index (χ2n) is 5.62. The third kappa shape index (κ3) is 2.88. The SMILES string of the molecule is CC(C)c1ccc(CC(=O)O)c(=O)n1C1CCCC1. The Morgan fingerprint density at radius 1 is 1.37 bits per heavy atom. The van der Waals surface area contributed by atoms with E-state index in [-0.39, 0.29) is 23.9 Å². The van der Waals surface area contributed by atoms with Gasteiger partial charge < -0.3 is 9.67 Å². The Morgan fingerprint density at radius 2 is 2.00 bits per heavy atom. The Balaban J connectivity index is 2.50. The van der Waals surface area contributed by atoms with Gasteiger partial charge in [-0.15, -0.1) is 0 Å². The minimum atomic E-state index is -0.952. The van der Waals surface area contributed by atoms with Crippen LogP contribution in [0.15, 0.2) is 16.9 Å². The van der Waals surface area contributed by atoms with E-state index in [1.54, 1.807) is 6.07 Å². The van der Waals surface area contributed by atoms with Gasteiger partial charge in [-0.2, -0.15) is 0 Å². The lowest BCUT2D eigenvalue weighted by atomic mass is 10.0. The number of hydrogen-bond donors (Lipinski definition) is 1. The van der Waals surface area contributed by atoms with Crippen LogP contribution >= 0.6 is 0 Å². The van der Waals surface area contributed by atoms with E-state index in [0.29, 0.717) is 5.56 Å². The number of aliphatic carboxylic acids is 1. The Labute approximate surface area is 113 Å². The van der Waals surface area contributed by atoms with Crippen molar-refractivity contribution in [1.29, 1.82) is 0 Å². The molecule has 1 aliphatic rings. The lowest BCUT2D eigenvalue weighted by Crippen LogP contribution is -2.30. The summed E-state index contributed by atoms with van der Waals surface area (Å²) >= 11 is 0. The van der Waals surface area contributed by atoms with Crippen LogP contribution in [0.3, 0.4) is 0 Å². The van der Waals surface area contributed by atoms with Gasteiger partial charge in [-0.1, -0.05) is 32.8 Å². The van der Waals surface area contributed by atoms with Crippen molar-refractivity contribution in [3.63, 3.8) is 0 Å². The Morgan fingerprint density at radius 3 is 2.53 bits per heavy atom. The summed E-state index contributed by atoms with van der Waals surface area (Å²) in [6.07, 6.45) is 4.16. The molecule has 0 bridgehead atoms. The molecule has 0 saturated heterocycles. The number of carbonyl (C=O) groups is 1. The van der Waals surface area contributed by atoms with Crippen LogP contribution in [-0.2, 0) is 11.2 Å². The molecule has 1 aliphatic carbocycles. The van der Waals surface area contributed by atoms with Gasteiger partial charge in [0.05, 0.1) is 6.42 Å². The zero-order chi connectivity index (χ0) is 14.0. The second kappa shape index (κ2) is 5.59. The van der Waals surface area contributed by atoms with Gasteiger partial charge in [0, 0.05) is 17.3 Å². The summed E-state index contributed by atoms with van der Waals surface area (Å²) < 4.78 is 1.86. The lowest BCUT2D eigenvalue weighted by molar-refractivity contribution is -0.136. The van der Waals surface area contributed by atoms with E-state index in [1.165, 1.54) is 0 Å². The van der Waals surface area contributed by atoms with Crippen molar-refractivity contribution >= 4 is 5.97 Å². The smallest absolute Gasteiger partial charge is 0.308 e. The largest absolute Gasteiger partial charge is 0.481 e. The van der Waals surface area contributed by atoms with Crippen LogP contribution in [0.1, 0.15) is 62.7 Å². The summed E-state index contributed by atoms with van der Waals surface area (Å²) in [6.45, 7) is 4.13. The van der Waals surface area contributed by atoms with Crippen LogP contribution < -0.4 is 5.56 Å². The molecule has 0 atom stereocenters. The molecular weight excluding hydrogens is 242 g/mol. The summed E-state index contributed by atoms with van der Waals surface area (Å²) in [7, 11) is 0. The van der Waals surface area contributed by atoms with Gasteiger partial charge in [-0.05, 0) is 24.8 Å². The van der Waals surface area contributed by atoms with Crippen molar-refractivity contribution in [3.8, 4) is 0 Å². The molecule has 0 aromatic carbocycles. The van der Waals surface area contributed by atoms with E-state index in [0.717, 1.165) is 31.4 Å². The van der Waals surface area contributed by atoms with Crippen molar-refractivity contribution < 1.29 is 9.90 Å². The fraction of sp³-hybridized carbons (Fsp3) is 0.600. The molecule has 4 nitrogen and oxygen atoms in total. The zero-order valence-electron chi connectivity index (χ0n) is 11.6. The number of carboxylic acid groups (broad SMARTS) is 1. The molecule has 1 N–H and O–H groups in total. The van der Waals surface area contributed by atoms with Gasteiger partial charge >= 0.3 is 5.97 Å². The summed E-state index contributed by atoms with van der Waals surface area (Å²) in [5, 5.41) is 8.88. The first-order chi connectivity index (χ1) is 9.00. The van der Waals surface area contributed by atoms with Gasteiger partial charge in [0.15, 0.2) is 0 Å². The number of aromatic nitrogens is 1. The zero-order valence-corrected chi connectivity index (χ0v) is 11.6. The van der Waals surface area contributed by atoms with Crippen molar-refractivity contribution in [2.75, 3.05) is 0 Å². The van der Waals surface area contributed by atoms with E-state index < -0.39 is 5.97 Å². The average molecular weight is 263 g/mol. The van der Waals surface area contributed by atoms with Crippen molar-refractivity contribution in [3.05, 3.63) is 33.7 Å². The fourth-order valence-electron chi connectivity index (χ4n) is 2.92. The fourth-order valence-corrected chi connectivity index (χ4v) is 2.92. The highest BCUT2D eigenvalue weighted by atomic mass is 16.4. The quantitative estimate of drug-likeness (QED) is 0.908. The van der Waals surface area contributed by atoms with Crippen LogP contribution in [0.5, 0.6) is 0 Å². The molecule has 1 aromatic rings. The molecule has 1 heterocycles. The van der Waals surface area contributed by atoms with Gasteiger partial charge in [0.2, 0.25) is 0 Å². The highest BCUT2D eigenvalue weighted by Gasteiger charge is 2.23. The van der Waals surface area contributed by atoms with Crippen LogP contribution in [0, 0.1) is 0 Å². The van der Waals surface area contributed by atoms with Crippen LogP contribution in [-0.4, -0.2) is 15.6 Å². The topological polar surface area (TPSA) is 59.3 Å². The average Bonchev–Trinajstić information content (AvgIpc) is 2.83. The standard InChI is InChI=1S/C15H21NO3/c1-10(2)13-8-7-11(9-14(17)18)15(19)16(13)12-5-3-4-6-12/h7-8,10,12H,3-6,9H2,1-2H3,(H,17,18). The molecule has 2 rings (SSSR count). The maximum absolute atomic E-state index is 12.5. The molecule has 0 unspecified atom stereocenters. The summed E-state index contributed by atoms with van der Waals surface area (Å²) in [5.74, 6) is -0.681. The molecule has 104 valence electrons. The summed E-state index contributed by atoms with van der Waals surface area (Å²) in [5.41, 5.74) is 1.30. The monoisotopic (exact) mass is 263 g/mol. The first-order valence-corrected chi connectivity index (χ1v) is 6.96. The van der Waals surface area contributed by atoms with E-state index in [9.17, 15) is 9.59 Å². The highest BCUT2D eigenvalue weighted by molar-refractivity contribution is 5.70. The van der Waals surface area contributed by atoms with Crippen molar-refractivity contribution in [1.82, 2.24) is 4.57 Å². The normalized spacial score (nSPS) is 16.2. The molecule has 1 saturated carbocycles. The first-order valence-electron chi connectivity index (χ1n) is 6.96. The van der Waals surface area contributed by atoms with Gasteiger partial charge in [0.1, 0.15) is 0 Å². The number of carboxylic acids is 1. The summed E-state index contributed by atoms with van der Waals surface area (Å²) in [6, 6.07) is 3.85. The van der Waals surface area contributed by atoms with Gasteiger partial charge in [0.25, 0.3) is 5.56 Å². The molecule has 19 heavy (non-hydrogen) atoms. The maximum Gasteiger partial charge on any atom is 0.308 e. The summed E-state index contributed by atoms with van der Waals surface area (Å²) in [4.78, 5) is 23.3. The molecule has 1 fully saturated rings. The van der Waals surface area contributed by atoms with Crippen molar-refractivity contribution in [2.45, 2.75) is 57.9 Å². The molecule has 0 radical (unpaired) electrons. The molecule has 0 amide bonds. The Kier molecular flexibility index (Phi) is 4.08. The predicted octanol–water partition coefficient (Wildman–Crippen LogP) is 2.71. The van der Waals surface area contributed by atoms with Gasteiger partial charge in [-0.25, -0.2) is 0 Å². The van der Waals surface area contributed by atoms with E-state index in [4.69, 9.17) is 5.11 Å². The molecule has 4 heteroatoms. The Bertz CT molecular complexity index is 525.